The summed E-state index contributed by atoms with van der Waals surface area (Å²) in [6.07, 6.45) is 1.55. The number of carbonyl (C=O) groups excluding carboxylic acids is 1. The molecular weight excluding hydrogens is 366 g/mol. The molecule has 0 saturated carbocycles. The zero-order chi connectivity index (χ0) is 17.1. The highest BCUT2D eigenvalue weighted by molar-refractivity contribution is 9.10. The lowest BCUT2D eigenvalue weighted by Crippen LogP contribution is -2.31. The van der Waals surface area contributed by atoms with E-state index in [2.05, 4.69) is 25.9 Å². The molecule has 8 heteroatoms. The lowest BCUT2D eigenvalue weighted by atomic mass is 10.1. The molecule has 0 aliphatic carbocycles. The van der Waals surface area contributed by atoms with Crippen molar-refractivity contribution in [3.63, 3.8) is 0 Å². The topological polar surface area (TPSA) is 105 Å². The Kier molecular flexibility index (Phi) is 4.95. The number of aliphatic imine (C=N–C) groups is 1. The van der Waals surface area contributed by atoms with Gasteiger partial charge in [-0.15, -0.1) is 0 Å². The highest BCUT2D eigenvalue weighted by atomic mass is 79.9. The third kappa shape index (κ3) is 3.48. The predicted octanol–water partition coefficient (Wildman–Crippen LogP) is 1.52. The molecule has 1 amide bonds. The van der Waals surface area contributed by atoms with Crippen molar-refractivity contribution in [2.75, 3.05) is 0 Å². The van der Waals surface area contributed by atoms with Gasteiger partial charge in [-0.25, -0.2) is 14.4 Å². The van der Waals surface area contributed by atoms with Crippen molar-refractivity contribution in [1.29, 1.82) is 0 Å². The monoisotopic (exact) mass is 379 g/mol. The van der Waals surface area contributed by atoms with Crippen LogP contribution in [0.4, 0.5) is 0 Å². The summed E-state index contributed by atoms with van der Waals surface area (Å²) in [5, 5.41) is 10.3. The van der Waals surface area contributed by atoms with E-state index >= 15 is 0 Å². The minimum Gasteiger partial charge on any atom is -0.493 e. The summed E-state index contributed by atoms with van der Waals surface area (Å²) in [5.41, 5.74) is -0.622. The molecule has 0 aliphatic rings. The van der Waals surface area contributed by atoms with E-state index in [1.54, 1.807) is 12.1 Å². The number of rotatable bonds is 3. The molecule has 0 saturated heterocycles. The first kappa shape index (κ1) is 16.9. The highest BCUT2D eigenvalue weighted by Gasteiger charge is 2.16. The number of hydrogen-bond donors (Lipinski definition) is 2. The van der Waals surface area contributed by atoms with E-state index in [-0.39, 0.29) is 5.56 Å². The molecule has 1 aromatic heterocycles. The molecule has 2 N–H and O–H groups in total. The first-order valence-electron chi connectivity index (χ1n) is 6.76. The number of halogens is 1. The molecule has 0 fully saturated rings. The standard InChI is InChI=1S/C15H14BrN3O4/c1-3-9-6-10(16)4-5-12(9)19-14(22)11(7-17-8(2)20)13(21)18-15(19)23/h4-7,22H,3H2,1-2H3,(H,18,21,23). The molecule has 0 radical (unpaired) electrons. The molecule has 1 aromatic carbocycles. The average Bonchev–Trinajstić information content (AvgIpc) is 2.47. The van der Waals surface area contributed by atoms with Gasteiger partial charge in [-0.2, -0.15) is 0 Å². The Morgan fingerprint density at radius 3 is 2.74 bits per heavy atom. The second kappa shape index (κ2) is 6.74. The molecule has 0 atom stereocenters. The lowest BCUT2D eigenvalue weighted by molar-refractivity contribution is -0.115. The number of H-pyrrole nitrogens is 1. The van der Waals surface area contributed by atoms with Crippen LogP contribution >= 0.6 is 15.9 Å². The van der Waals surface area contributed by atoms with Crippen molar-refractivity contribution >= 4 is 28.1 Å². The van der Waals surface area contributed by atoms with Crippen molar-refractivity contribution < 1.29 is 9.90 Å². The van der Waals surface area contributed by atoms with Gasteiger partial charge in [0.05, 0.1) is 5.69 Å². The van der Waals surface area contributed by atoms with Crippen LogP contribution in [0.15, 0.2) is 37.3 Å². The Morgan fingerprint density at radius 1 is 1.43 bits per heavy atom. The first-order chi connectivity index (χ1) is 10.8. The van der Waals surface area contributed by atoms with Crippen molar-refractivity contribution in [1.82, 2.24) is 9.55 Å². The van der Waals surface area contributed by atoms with Crippen LogP contribution in [0.3, 0.4) is 0 Å². The van der Waals surface area contributed by atoms with Gasteiger partial charge in [-0.3, -0.25) is 14.6 Å². The second-order valence-electron chi connectivity index (χ2n) is 4.74. The average molecular weight is 380 g/mol. The molecule has 120 valence electrons. The van der Waals surface area contributed by atoms with Crippen LogP contribution in [0, 0.1) is 0 Å². The zero-order valence-electron chi connectivity index (χ0n) is 12.5. The number of nitrogens with one attached hydrogen (secondary N) is 1. The summed E-state index contributed by atoms with van der Waals surface area (Å²) in [6.45, 7) is 3.11. The molecule has 2 aromatic rings. The summed E-state index contributed by atoms with van der Waals surface area (Å²) in [7, 11) is 0. The molecule has 2 rings (SSSR count). The number of benzene rings is 1. The maximum Gasteiger partial charge on any atom is 0.335 e. The largest absolute Gasteiger partial charge is 0.493 e. The predicted molar refractivity (Wildman–Crippen MR) is 89.7 cm³/mol. The highest BCUT2D eigenvalue weighted by Crippen LogP contribution is 2.23. The number of amides is 1. The van der Waals surface area contributed by atoms with Gasteiger partial charge in [0.1, 0.15) is 5.56 Å². The fraction of sp³-hybridized carbons (Fsp3) is 0.200. The SMILES string of the molecule is CCc1cc(Br)ccc1-n1c(O)c(C=NC(C)=O)c(=O)[nH]c1=O. The van der Waals surface area contributed by atoms with Gasteiger partial charge in [0.2, 0.25) is 11.8 Å². The van der Waals surface area contributed by atoms with Gasteiger partial charge >= 0.3 is 5.69 Å². The molecule has 0 aliphatic heterocycles. The van der Waals surface area contributed by atoms with Gasteiger partial charge in [0.15, 0.2) is 0 Å². The van der Waals surface area contributed by atoms with Crippen molar-refractivity contribution in [2.24, 2.45) is 4.99 Å². The van der Waals surface area contributed by atoms with E-state index in [0.717, 1.165) is 20.8 Å². The van der Waals surface area contributed by atoms with Gasteiger partial charge in [-0.1, -0.05) is 22.9 Å². The van der Waals surface area contributed by atoms with E-state index in [0.29, 0.717) is 12.1 Å². The van der Waals surface area contributed by atoms with E-state index in [1.807, 2.05) is 13.0 Å². The molecular formula is C15H14BrN3O4. The Hall–Kier alpha value is -2.48. The van der Waals surface area contributed by atoms with Crippen LogP contribution in [0.1, 0.15) is 25.0 Å². The van der Waals surface area contributed by atoms with E-state index < -0.39 is 23.0 Å². The van der Waals surface area contributed by atoms with E-state index in [9.17, 15) is 19.5 Å². The summed E-state index contributed by atoms with van der Waals surface area (Å²) < 4.78 is 1.81. The Bertz CT molecular complexity index is 912. The van der Waals surface area contributed by atoms with Crippen LogP contribution in [-0.2, 0) is 11.2 Å². The van der Waals surface area contributed by atoms with Crippen molar-refractivity contribution in [3.8, 4) is 11.6 Å². The summed E-state index contributed by atoms with van der Waals surface area (Å²) in [6, 6.07) is 5.18. The Balaban J connectivity index is 2.79. The number of nitrogens with zero attached hydrogens (tertiary/aromatic N) is 2. The number of hydrogen-bond acceptors (Lipinski definition) is 4. The summed E-state index contributed by atoms with van der Waals surface area (Å²) in [5.74, 6) is -1.10. The van der Waals surface area contributed by atoms with E-state index in [4.69, 9.17) is 0 Å². The van der Waals surface area contributed by atoms with Gasteiger partial charge < -0.3 is 5.11 Å². The van der Waals surface area contributed by atoms with Gasteiger partial charge in [0.25, 0.3) is 5.56 Å². The Morgan fingerprint density at radius 2 is 2.13 bits per heavy atom. The third-order valence-electron chi connectivity index (χ3n) is 3.16. The fourth-order valence-electron chi connectivity index (χ4n) is 2.09. The van der Waals surface area contributed by atoms with Crippen LogP contribution in [0.25, 0.3) is 5.69 Å². The lowest BCUT2D eigenvalue weighted by Gasteiger charge is -2.13. The third-order valence-corrected chi connectivity index (χ3v) is 3.65. The molecule has 1 heterocycles. The fourth-order valence-corrected chi connectivity index (χ4v) is 2.50. The van der Waals surface area contributed by atoms with Crippen LogP contribution in [0.5, 0.6) is 5.88 Å². The minimum absolute atomic E-state index is 0.259. The van der Waals surface area contributed by atoms with Crippen molar-refractivity contribution in [3.05, 3.63) is 54.6 Å². The van der Waals surface area contributed by atoms with Crippen LogP contribution in [-0.4, -0.2) is 26.8 Å². The Labute approximate surface area is 139 Å². The summed E-state index contributed by atoms with van der Waals surface area (Å²) >= 11 is 3.35. The first-order valence-corrected chi connectivity index (χ1v) is 7.56. The van der Waals surface area contributed by atoms with Crippen molar-refractivity contribution in [2.45, 2.75) is 20.3 Å². The number of aromatic hydroxyl groups is 1. The zero-order valence-corrected chi connectivity index (χ0v) is 14.0. The van der Waals surface area contributed by atoms with E-state index in [1.165, 1.54) is 6.92 Å². The minimum atomic E-state index is -0.816. The maximum absolute atomic E-state index is 12.1. The summed E-state index contributed by atoms with van der Waals surface area (Å²) in [4.78, 5) is 40.5. The number of aromatic nitrogens is 2. The molecule has 7 nitrogen and oxygen atoms in total. The smallest absolute Gasteiger partial charge is 0.335 e. The normalized spacial score (nSPS) is 11.1. The molecule has 0 unspecified atom stereocenters. The number of aromatic amines is 1. The second-order valence-corrected chi connectivity index (χ2v) is 5.65. The van der Waals surface area contributed by atoms with Crippen LogP contribution < -0.4 is 11.2 Å². The van der Waals surface area contributed by atoms with Gasteiger partial charge in [-0.05, 0) is 30.2 Å². The molecule has 0 spiro atoms. The number of carbonyl (C=O) groups is 1. The molecule has 0 bridgehead atoms. The molecule has 23 heavy (non-hydrogen) atoms. The number of aryl methyl sites for hydroxylation is 1. The maximum atomic E-state index is 12.1. The van der Waals surface area contributed by atoms with Gasteiger partial charge in [0, 0.05) is 17.6 Å². The quantitative estimate of drug-likeness (QED) is 0.788. The van der Waals surface area contributed by atoms with Crippen LogP contribution in [0.2, 0.25) is 0 Å².